The fourth-order valence-electron chi connectivity index (χ4n) is 3.12. The van der Waals surface area contributed by atoms with Crippen LogP contribution in [-0.2, 0) is 6.42 Å². The van der Waals surface area contributed by atoms with Gasteiger partial charge in [0.15, 0.2) is 23.1 Å². The monoisotopic (exact) mass is 295 g/mol. The van der Waals surface area contributed by atoms with E-state index >= 15 is 0 Å². The van der Waals surface area contributed by atoms with Gasteiger partial charge in [-0.3, -0.25) is 0 Å². The molecule has 2 aliphatic rings. The summed E-state index contributed by atoms with van der Waals surface area (Å²) in [5, 5.41) is 3.39. The van der Waals surface area contributed by atoms with Crippen LogP contribution in [0.15, 0.2) is 6.07 Å². The van der Waals surface area contributed by atoms with E-state index in [9.17, 15) is 4.39 Å². The van der Waals surface area contributed by atoms with Crippen LogP contribution in [0.2, 0.25) is 0 Å². The van der Waals surface area contributed by atoms with Gasteiger partial charge in [-0.2, -0.15) is 0 Å². The SMILES string of the molecule is COc1c(F)cc2c(c1CC1CCCNC1)OCCCO2. The van der Waals surface area contributed by atoms with Gasteiger partial charge in [0.05, 0.1) is 20.3 Å². The average molecular weight is 295 g/mol. The zero-order chi connectivity index (χ0) is 14.7. The van der Waals surface area contributed by atoms with E-state index in [-0.39, 0.29) is 5.82 Å². The highest BCUT2D eigenvalue weighted by atomic mass is 19.1. The number of nitrogens with one attached hydrogen (secondary N) is 1. The van der Waals surface area contributed by atoms with Crippen LogP contribution in [0.3, 0.4) is 0 Å². The summed E-state index contributed by atoms with van der Waals surface area (Å²) in [5.74, 6) is 1.57. The highest BCUT2D eigenvalue weighted by Gasteiger charge is 2.26. The van der Waals surface area contributed by atoms with Gasteiger partial charge in [0, 0.05) is 18.1 Å². The summed E-state index contributed by atoms with van der Waals surface area (Å²) in [6.45, 7) is 3.17. The number of piperidine rings is 1. The van der Waals surface area contributed by atoms with Crippen molar-refractivity contribution >= 4 is 0 Å². The minimum Gasteiger partial charge on any atom is -0.493 e. The maximum atomic E-state index is 14.2. The summed E-state index contributed by atoms with van der Waals surface area (Å²) in [6.07, 6.45) is 3.85. The Bertz CT molecular complexity index is 501. The van der Waals surface area contributed by atoms with Gasteiger partial charge >= 0.3 is 0 Å². The summed E-state index contributed by atoms with van der Waals surface area (Å²) < 4.78 is 31.0. The van der Waals surface area contributed by atoms with E-state index in [0.29, 0.717) is 36.4 Å². The molecular formula is C16H22FNO3. The van der Waals surface area contributed by atoms with Crippen LogP contribution >= 0.6 is 0 Å². The molecule has 4 nitrogen and oxygen atoms in total. The van der Waals surface area contributed by atoms with Crippen LogP contribution in [0.4, 0.5) is 4.39 Å². The smallest absolute Gasteiger partial charge is 0.169 e. The fourth-order valence-corrected chi connectivity index (χ4v) is 3.12. The third-order valence-electron chi connectivity index (χ3n) is 4.14. The third-order valence-corrected chi connectivity index (χ3v) is 4.14. The van der Waals surface area contributed by atoms with Gasteiger partial charge in [0.1, 0.15) is 0 Å². The van der Waals surface area contributed by atoms with Gasteiger partial charge in [0.25, 0.3) is 0 Å². The lowest BCUT2D eigenvalue weighted by molar-refractivity contribution is 0.293. The topological polar surface area (TPSA) is 39.7 Å². The molecule has 0 aliphatic carbocycles. The van der Waals surface area contributed by atoms with Crippen molar-refractivity contribution < 1.29 is 18.6 Å². The number of ether oxygens (including phenoxy) is 3. The Labute approximate surface area is 124 Å². The molecule has 5 heteroatoms. The van der Waals surface area contributed by atoms with Gasteiger partial charge in [-0.25, -0.2) is 4.39 Å². The molecule has 0 bridgehead atoms. The highest BCUT2D eigenvalue weighted by Crippen LogP contribution is 2.42. The molecular weight excluding hydrogens is 273 g/mol. The second-order valence-corrected chi connectivity index (χ2v) is 5.66. The third kappa shape index (κ3) is 3.07. The lowest BCUT2D eigenvalue weighted by Crippen LogP contribution is -2.31. The van der Waals surface area contributed by atoms with Crippen molar-refractivity contribution in [2.24, 2.45) is 5.92 Å². The van der Waals surface area contributed by atoms with E-state index in [1.54, 1.807) is 0 Å². The largest absolute Gasteiger partial charge is 0.493 e. The maximum absolute atomic E-state index is 14.2. The zero-order valence-electron chi connectivity index (χ0n) is 12.4. The van der Waals surface area contributed by atoms with Crippen molar-refractivity contribution in [2.45, 2.75) is 25.7 Å². The van der Waals surface area contributed by atoms with E-state index in [1.807, 2.05) is 0 Å². The predicted octanol–water partition coefficient (Wildman–Crippen LogP) is 2.54. The Morgan fingerprint density at radius 2 is 2.19 bits per heavy atom. The quantitative estimate of drug-likeness (QED) is 0.930. The van der Waals surface area contributed by atoms with E-state index < -0.39 is 0 Å². The van der Waals surface area contributed by atoms with Crippen molar-refractivity contribution in [3.05, 3.63) is 17.4 Å². The first-order chi connectivity index (χ1) is 10.3. The molecule has 1 N–H and O–H groups in total. The number of hydrogen-bond donors (Lipinski definition) is 1. The minimum atomic E-state index is -0.375. The highest BCUT2D eigenvalue weighted by molar-refractivity contribution is 5.55. The number of methoxy groups -OCH3 is 1. The molecule has 2 aliphatic heterocycles. The fraction of sp³-hybridized carbons (Fsp3) is 0.625. The molecule has 1 unspecified atom stereocenters. The zero-order valence-corrected chi connectivity index (χ0v) is 12.4. The molecule has 0 amide bonds. The van der Waals surface area contributed by atoms with Gasteiger partial charge in [-0.15, -0.1) is 0 Å². The van der Waals surface area contributed by atoms with Crippen LogP contribution in [0.5, 0.6) is 17.2 Å². The summed E-state index contributed by atoms with van der Waals surface area (Å²) in [5.41, 5.74) is 0.808. The first kappa shape index (κ1) is 14.4. The molecule has 21 heavy (non-hydrogen) atoms. The molecule has 2 heterocycles. The Morgan fingerprint density at radius 3 is 2.95 bits per heavy atom. The van der Waals surface area contributed by atoms with Gasteiger partial charge in [0.2, 0.25) is 0 Å². The van der Waals surface area contributed by atoms with E-state index in [1.165, 1.54) is 13.2 Å². The molecule has 1 fully saturated rings. The number of benzene rings is 1. The number of fused-ring (bicyclic) bond motifs is 1. The minimum absolute atomic E-state index is 0.296. The molecule has 0 aromatic heterocycles. The predicted molar refractivity (Wildman–Crippen MR) is 77.9 cm³/mol. The van der Waals surface area contributed by atoms with Crippen LogP contribution < -0.4 is 19.5 Å². The number of hydrogen-bond acceptors (Lipinski definition) is 4. The Kier molecular flexibility index (Phi) is 4.48. The van der Waals surface area contributed by atoms with Crippen LogP contribution in [-0.4, -0.2) is 33.4 Å². The standard InChI is InChI=1S/C16H22FNO3/c1-19-15-12(8-11-4-2-5-18-10-11)16-14(9-13(15)17)20-6-3-7-21-16/h9,11,18H,2-8,10H2,1H3. The molecule has 0 radical (unpaired) electrons. The Balaban J connectivity index is 1.96. The molecule has 0 saturated carbocycles. The van der Waals surface area contributed by atoms with Crippen LogP contribution in [0.1, 0.15) is 24.8 Å². The molecule has 1 atom stereocenters. The van der Waals surface area contributed by atoms with Crippen molar-refractivity contribution in [1.82, 2.24) is 5.32 Å². The second kappa shape index (κ2) is 6.52. The van der Waals surface area contributed by atoms with Gasteiger partial charge < -0.3 is 19.5 Å². The van der Waals surface area contributed by atoms with Crippen molar-refractivity contribution in [1.29, 1.82) is 0 Å². The molecule has 1 aromatic rings. The lowest BCUT2D eigenvalue weighted by atomic mass is 9.91. The summed E-state index contributed by atoms with van der Waals surface area (Å²) in [7, 11) is 1.50. The number of rotatable bonds is 3. The summed E-state index contributed by atoms with van der Waals surface area (Å²) in [4.78, 5) is 0. The van der Waals surface area contributed by atoms with Crippen molar-refractivity contribution in [3.63, 3.8) is 0 Å². The Hall–Kier alpha value is -1.49. The number of halogens is 1. The first-order valence-corrected chi connectivity index (χ1v) is 7.65. The second-order valence-electron chi connectivity index (χ2n) is 5.66. The van der Waals surface area contributed by atoms with Crippen LogP contribution in [0, 0.1) is 11.7 Å². The molecule has 116 valence electrons. The Morgan fingerprint density at radius 1 is 1.33 bits per heavy atom. The van der Waals surface area contributed by atoms with Crippen molar-refractivity contribution in [3.8, 4) is 17.2 Å². The lowest BCUT2D eigenvalue weighted by Gasteiger charge is -2.25. The van der Waals surface area contributed by atoms with Gasteiger partial charge in [-0.1, -0.05) is 0 Å². The van der Waals surface area contributed by atoms with E-state index in [0.717, 1.165) is 44.3 Å². The summed E-state index contributed by atoms with van der Waals surface area (Å²) >= 11 is 0. The molecule has 1 aromatic carbocycles. The maximum Gasteiger partial charge on any atom is 0.169 e. The van der Waals surface area contributed by atoms with Gasteiger partial charge in [-0.05, 0) is 38.3 Å². The molecule has 0 spiro atoms. The van der Waals surface area contributed by atoms with Crippen molar-refractivity contribution in [2.75, 3.05) is 33.4 Å². The normalized spacial score (nSPS) is 21.7. The van der Waals surface area contributed by atoms with Crippen LogP contribution in [0.25, 0.3) is 0 Å². The van der Waals surface area contributed by atoms with E-state index in [2.05, 4.69) is 5.32 Å². The summed E-state index contributed by atoms with van der Waals surface area (Å²) in [6, 6.07) is 1.38. The van der Waals surface area contributed by atoms with E-state index in [4.69, 9.17) is 14.2 Å². The first-order valence-electron chi connectivity index (χ1n) is 7.65. The molecule has 3 rings (SSSR count). The molecule has 1 saturated heterocycles. The average Bonchev–Trinajstić information content (AvgIpc) is 2.73.